The van der Waals surface area contributed by atoms with E-state index in [4.69, 9.17) is 5.26 Å². The smallest absolute Gasteiger partial charge is 0.254 e. The molecule has 1 amide bonds. The van der Waals surface area contributed by atoms with Crippen molar-refractivity contribution in [2.45, 2.75) is 37.4 Å². The third-order valence-corrected chi connectivity index (χ3v) is 3.87. The van der Waals surface area contributed by atoms with Gasteiger partial charge in [-0.05, 0) is 25.3 Å². The number of carbonyl (C=O) groups is 1. The Balaban J connectivity index is 1.88. The number of amides is 1. The van der Waals surface area contributed by atoms with Gasteiger partial charge in [-0.3, -0.25) is 4.79 Å². The first-order valence-corrected chi connectivity index (χ1v) is 7.01. The van der Waals surface area contributed by atoms with Crippen molar-refractivity contribution >= 4 is 5.91 Å². The Kier molecular flexibility index (Phi) is 4.31. The third kappa shape index (κ3) is 3.60. The maximum absolute atomic E-state index is 12.2. The third-order valence-electron chi connectivity index (χ3n) is 3.87. The molecule has 0 bridgehead atoms. The lowest BCUT2D eigenvalue weighted by atomic mass is 9.87. The number of carbonyl (C=O) groups excluding carboxylic acids is 1. The van der Waals surface area contributed by atoms with Gasteiger partial charge >= 0.3 is 0 Å². The fraction of sp³-hybridized carbons (Fsp3) is 0.500. The summed E-state index contributed by atoms with van der Waals surface area (Å²) in [6, 6.07) is 11.6. The zero-order chi connectivity index (χ0) is 15.5. The van der Waals surface area contributed by atoms with Crippen LogP contribution in [0.15, 0.2) is 30.3 Å². The van der Waals surface area contributed by atoms with Crippen LogP contribution in [-0.2, 0) is 11.2 Å². The van der Waals surface area contributed by atoms with Crippen molar-refractivity contribution < 1.29 is 15.0 Å². The highest BCUT2D eigenvalue weighted by Gasteiger charge is 2.47. The Bertz CT molecular complexity index is 542. The number of hydrogen-bond acceptors (Lipinski definition) is 4. The number of likely N-dealkylation sites (tertiary alicyclic amines) is 1. The van der Waals surface area contributed by atoms with Gasteiger partial charge in [-0.15, -0.1) is 0 Å². The monoisotopic (exact) mass is 288 g/mol. The van der Waals surface area contributed by atoms with Gasteiger partial charge in [0, 0.05) is 0 Å². The molecule has 0 radical (unpaired) electrons. The van der Waals surface area contributed by atoms with Crippen LogP contribution < -0.4 is 0 Å². The van der Waals surface area contributed by atoms with E-state index in [2.05, 4.69) is 0 Å². The number of nitrogens with zero attached hydrogens (tertiary/aromatic N) is 2. The minimum absolute atomic E-state index is 0.00291. The maximum atomic E-state index is 12.2. The molecule has 1 aromatic rings. The van der Waals surface area contributed by atoms with E-state index in [1.165, 1.54) is 11.8 Å². The normalized spacial score (nSPS) is 19.2. The standard InChI is InChI=1S/C16H20N2O3/c1-15(20,8-7-13-5-3-2-4-6-13)14(19)18-11-16(21,12-18)9-10-17/h2-6,20-21H,7-9,11-12H2,1H3/t15-/m0/s1. The summed E-state index contributed by atoms with van der Waals surface area (Å²) in [6.07, 6.45) is 0.932. The Morgan fingerprint density at radius 3 is 2.62 bits per heavy atom. The van der Waals surface area contributed by atoms with Crippen molar-refractivity contribution in [2.75, 3.05) is 13.1 Å². The summed E-state index contributed by atoms with van der Waals surface area (Å²) in [5.74, 6) is -0.388. The van der Waals surface area contributed by atoms with Gasteiger partial charge in [-0.1, -0.05) is 30.3 Å². The van der Waals surface area contributed by atoms with Crippen molar-refractivity contribution in [1.82, 2.24) is 4.90 Å². The van der Waals surface area contributed by atoms with Crippen LogP contribution in [0.5, 0.6) is 0 Å². The molecule has 1 saturated heterocycles. The van der Waals surface area contributed by atoms with E-state index in [0.717, 1.165) is 5.56 Å². The molecule has 1 aliphatic rings. The molecule has 21 heavy (non-hydrogen) atoms. The average Bonchev–Trinajstić information content (AvgIpc) is 2.43. The molecule has 0 aromatic heterocycles. The molecule has 0 saturated carbocycles. The van der Waals surface area contributed by atoms with Gasteiger partial charge in [-0.25, -0.2) is 0 Å². The number of rotatable bonds is 5. The molecule has 1 heterocycles. The lowest BCUT2D eigenvalue weighted by Gasteiger charge is -2.47. The van der Waals surface area contributed by atoms with Crippen LogP contribution in [0.3, 0.4) is 0 Å². The quantitative estimate of drug-likeness (QED) is 0.841. The van der Waals surface area contributed by atoms with E-state index in [0.29, 0.717) is 12.8 Å². The maximum Gasteiger partial charge on any atom is 0.254 e. The average molecular weight is 288 g/mol. The SMILES string of the molecule is C[C@](O)(CCc1ccccc1)C(=O)N1CC(O)(CC#N)C1. The number of nitriles is 1. The second-order valence-electron chi connectivity index (χ2n) is 5.98. The molecule has 0 aliphatic carbocycles. The van der Waals surface area contributed by atoms with Crippen LogP contribution in [0.25, 0.3) is 0 Å². The lowest BCUT2D eigenvalue weighted by molar-refractivity contribution is -0.172. The number of β-amino-alcohol motifs (C(OH)–C–C–N with tert-alkyl or cyclic N) is 1. The Morgan fingerprint density at radius 1 is 1.43 bits per heavy atom. The molecule has 2 rings (SSSR count). The highest BCUT2D eigenvalue weighted by molar-refractivity contribution is 5.85. The first-order chi connectivity index (χ1) is 9.86. The highest BCUT2D eigenvalue weighted by Crippen LogP contribution is 2.28. The zero-order valence-corrected chi connectivity index (χ0v) is 12.1. The van der Waals surface area contributed by atoms with Crippen molar-refractivity contribution in [1.29, 1.82) is 5.26 Å². The summed E-state index contributed by atoms with van der Waals surface area (Å²) in [5, 5.41) is 28.8. The number of aliphatic hydroxyl groups is 2. The Hall–Kier alpha value is -1.90. The molecule has 1 aliphatic heterocycles. The van der Waals surface area contributed by atoms with Gasteiger partial charge in [-0.2, -0.15) is 5.26 Å². The summed E-state index contributed by atoms with van der Waals surface area (Å²) in [5.41, 5.74) is -1.50. The fourth-order valence-corrected chi connectivity index (χ4v) is 2.55. The van der Waals surface area contributed by atoms with Crippen molar-refractivity contribution in [3.05, 3.63) is 35.9 Å². The van der Waals surface area contributed by atoms with E-state index in [1.54, 1.807) is 0 Å². The summed E-state index contributed by atoms with van der Waals surface area (Å²) in [7, 11) is 0. The van der Waals surface area contributed by atoms with E-state index >= 15 is 0 Å². The van der Waals surface area contributed by atoms with Crippen LogP contribution in [0.4, 0.5) is 0 Å². The van der Waals surface area contributed by atoms with E-state index in [1.807, 2.05) is 36.4 Å². The highest BCUT2D eigenvalue weighted by atomic mass is 16.3. The molecule has 5 nitrogen and oxygen atoms in total. The predicted molar refractivity (Wildman–Crippen MR) is 77.1 cm³/mol. The van der Waals surface area contributed by atoms with Crippen LogP contribution >= 0.6 is 0 Å². The Labute approximate surface area is 124 Å². The summed E-state index contributed by atoms with van der Waals surface area (Å²) >= 11 is 0. The topological polar surface area (TPSA) is 84.6 Å². The second-order valence-corrected chi connectivity index (χ2v) is 5.98. The zero-order valence-electron chi connectivity index (χ0n) is 12.1. The van der Waals surface area contributed by atoms with E-state index in [9.17, 15) is 15.0 Å². The van der Waals surface area contributed by atoms with Crippen LogP contribution in [0, 0.1) is 11.3 Å². The van der Waals surface area contributed by atoms with Crippen molar-refractivity contribution in [3.8, 4) is 6.07 Å². The molecule has 1 fully saturated rings. The van der Waals surface area contributed by atoms with Crippen LogP contribution in [0.1, 0.15) is 25.3 Å². The summed E-state index contributed by atoms with van der Waals surface area (Å²) in [4.78, 5) is 13.6. The van der Waals surface area contributed by atoms with Crippen LogP contribution in [0.2, 0.25) is 0 Å². The van der Waals surface area contributed by atoms with Gasteiger partial charge in [0.2, 0.25) is 0 Å². The van der Waals surface area contributed by atoms with Crippen molar-refractivity contribution in [2.24, 2.45) is 0 Å². The number of benzene rings is 1. The van der Waals surface area contributed by atoms with Gasteiger partial charge in [0.15, 0.2) is 0 Å². The van der Waals surface area contributed by atoms with E-state index in [-0.39, 0.29) is 25.4 Å². The molecule has 1 atom stereocenters. The molecular weight excluding hydrogens is 268 g/mol. The predicted octanol–water partition coefficient (Wildman–Crippen LogP) is 0.857. The van der Waals surface area contributed by atoms with E-state index < -0.39 is 11.2 Å². The first kappa shape index (κ1) is 15.5. The van der Waals surface area contributed by atoms with Gasteiger partial charge in [0.25, 0.3) is 5.91 Å². The van der Waals surface area contributed by atoms with Gasteiger partial charge in [0.05, 0.1) is 25.6 Å². The fourth-order valence-electron chi connectivity index (χ4n) is 2.55. The second kappa shape index (κ2) is 5.84. The molecule has 2 N–H and O–H groups in total. The minimum Gasteiger partial charge on any atom is -0.385 e. The minimum atomic E-state index is -1.45. The van der Waals surface area contributed by atoms with Gasteiger partial charge < -0.3 is 15.1 Å². The molecule has 5 heteroatoms. The van der Waals surface area contributed by atoms with Crippen molar-refractivity contribution in [3.63, 3.8) is 0 Å². The number of aryl methyl sites for hydroxylation is 1. The Morgan fingerprint density at radius 2 is 2.05 bits per heavy atom. The molecule has 0 spiro atoms. The lowest BCUT2D eigenvalue weighted by Crippen LogP contribution is -2.66. The molecule has 0 unspecified atom stereocenters. The van der Waals surface area contributed by atoms with Gasteiger partial charge in [0.1, 0.15) is 11.2 Å². The first-order valence-electron chi connectivity index (χ1n) is 7.01. The number of hydrogen-bond donors (Lipinski definition) is 2. The molecular formula is C16H20N2O3. The summed E-state index contributed by atoms with van der Waals surface area (Å²) in [6.45, 7) is 1.72. The van der Waals surface area contributed by atoms with Crippen LogP contribution in [-0.4, -0.2) is 45.3 Å². The molecule has 1 aromatic carbocycles. The molecule has 112 valence electrons. The largest absolute Gasteiger partial charge is 0.385 e. The summed E-state index contributed by atoms with van der Waals surface area (Å²) < 4.78 is 0.